The fourth-order valence-electron chi connectivity index (χ4n) is 2.60. The van der Waals surface area contributed by atoms with Gasteiger partial charge < -0.3 is 14.6 Å². The Balaban J connectivity index is 3.07. The smallest absolute Gasteiger partial charge is 0.411 e. The molecule has 0 bridgehead atoms. The summed E-state index contributed by atoms with van der Waals surface area (Å²) in [6.07, 6.45) is 6.10. The molecule has 6 nitrogen and oxygen atoms in total. The molecule has 3 atom stereocenters. The van der Waals surface area contributed by atoms with Crippen molar-refractivity contribution in [2.24, 2.45) is 5.92 Å². The highest BCUT2D eigenvalue weighted by Gasteiger charge is 2.48. The topological polar surface area (TPSA) is 76.1 Å². The van der Waals surface area contributed by atoms with Crippen LogP contribution in [0.1, 0.15) is 27.2 Å². The van der Waals surface area contributed by atoms with Crippen LogP contribution in [0.25, 0.3) is 0 Å². The van der Waals surface area contributed by atoms with Crippen LogP contribution in [-0.2, 0) is 14.3 Å². The first-order valence-corrected chi connectivity index (χ1v) is 7.54. The Hall–Kier alpha value is -1.84. The van der Waals surface area contributed by atoms with Crippen molar-refractivity contribution in [2.75, 3.05) is 19.8 Å². The third-order valence-corrected chi connectivity index (χ3v) is 3.44. The molecule has 0 saturated carbocycles. The van der Waals surface area contributed by atoms with Crippen molar-refractivity contribution in [3.05, 3.63) is 12.7 Å². The van der Waals surface area contributed by atoms with Crippen molar-refractivity contribution in [1.82, 2.24) is 4.90 Å². The molecule has 0 aromatic heterocycles. The van der Waals surface area contributed by atoms with Gasteiger partial charge in [-0.05, 0) is 20.8 Å². The third-order valence-electron chi connectivity index (χ3n) is 3.44. The van der Waals surface area contributed by atoms with Gasteiger partial charge in [-0.2, -0.15) is 0 Å². The number of Topliss-reactive ketones (excluding diaryl/α,β-unsaturated/α-hetero) is 1. The Morgan fingerprint density at radius 2 is 2.13 bits per heavy atom. The van der Waals surface area contributed by atoms with Crippen LogP contribution in [-0.4, -0.2) is 59.4 Å². The predicted molar refractivity (Wildman–Crippen MR) is 85.7 cm³/mol. The lowest BCUT2D eigenvalue weighted by molar-refractivity contribution is -0.130. The zero-order valence-electron chi connectivity index (χ0n) is 13.9. The number of carbonyl (C=O) groups is 2. The van der Waals surface area contributed by atoms with Crippen molar-refractivity contribution in [2.45, 2.75) is 44.9 Å². The lowest BCUT2D eigenvalue weighted by atomic mass is 9.96. The normalized spacial score (nSPS) is 24.1. The van der Waals surface area contributed by atoms with Crippen LogP contribution in [0, 0.1) is 18.3 Å². The van der Waals surface area contributed by atoms with E-state index in [1.54, 1.807) is 26.8 Å². The van der Waals surface area contributed by atoms with Gasteiger partial charge in [-0.15, -0.1) is 18.9 Å². The molecule has 6 heteroatoms. The first-order valence-electron chi connectivity index (χ1n) is 7.54. The van der Waals surface area contributed by atoms with Crippen molar-refractivity contribution in [1.29, 1.82) is 0 Å². The first kappa shape index (κ1) is 19.2. The summed E-state index contributed by atoms with van der Waals surface area (Å²) in [7, 11) is 0. The average molecular weight is 323 g/mol. The van der Waals surface area contributed by atoms with Crippen LogP contribution < -0.4 is 0 Å². The van der Waals surface area contributed by atoms with E-state index in [1.807, 2.05) is 0 Å². The van der Waals surface area contributed by atoms with E-state index in [0.29, 0.717) is 6.42 Å². The monoisotopic (exact) mass is 323 g/mol. The maximum Gasteiger partial charge on any atom is 0.411 e. The molecule has 0 aliphatic carbocycles. The Labute approximate surface area is 137 Å². The van der Waals surface area contributed by atoms with E-state index in [1.165, 1.54) is 4.90 Å². The lowest BCUT2D eigenvalue weighted by Gasteiger charge is -2.29. The van der Waals surface area contributed by atoms with Crippen LogP contribution in [0.5, 0.6) is 0 Å². The molecule has 1 aliphatic rings. The number of hydrogen-bond donors (Lipinski definition) is 1. The lowest BCUT2D eigenvalue weighted by Crippen LogP contribution is -2.48. The van der Waals surface area contributed by atoms with Gasteiger partial charge >= 0.3 is 6.09 Å². The fraction of sp³-hybridized carbons (Fsp3) is 0.647. The molecule has 1 aliphatic heterocycles. The standard InChI is InChI=1S/C17H25NO5/c1-6-8-12-10-18(16(21)23-17(3,4)5)14(13(20)11-19)15(12)22-9-7-2/h1,7,12,14-15,19H,2,8-11H2,3-5H3/t12-,14+,15+/m0/s1. The zero-order chi connectivity index (χ0) is 17.6. The molecular weight excluding hydrogens is 298 g/mol. The van der Waals surface area contributed by atoms with Crippen LogP contribution in [0.4, 0.5) is 4.79 Å². The number of likely N-dealkylation sites (tertiary alicyclic amines) is 1. The largest absolute Gasteiger partial charge is 0.444 e. The third kappa shape index (κ3) is 5.08. The van der Waals surface area contributed by atoms with E-state index in [0.717, 1.165) is 0 Å². The molecule has 0 aromatic rings. The summed E-state index contributed by atoms with van der Waals surface area (Å²) in [6, 6.07) is -0.909. The summed E-state index contributed by atoms with van der Waals surface area (Å²) < 4.78 is 11.0. The Kier molecular flexibility index (Phi) is 6.79. The number of ketones is 1. The molecule has 0 spiro atoms. The van der Waals surface area contributed by atoms with Crippen molar-refractivity contribution < 1.29 is 24.2 Å². The number of hydrogen-bond acceptors (Lipinski definition) is 5. The molecule has 0 unspecified atom stereocenters. The van der Waals surface area contributed by atoms with E-state index in [2.05, 4.69) is 12.5 Å². The van der Waals surface area contributed by atoms with Crippen molar-refractivity contribution in [3.63, 3.8) is 0 Å². The molecular formula is C17H25NO5. The molecule has 1 amide bonds. The second kappa shape index (κ2) is 8.14. The SMILES string of the molecule is C#CC[C@H]1CN(C(=O)OC(C)(C)C)[C@H](C(=O)CO)[C@@H]1OCC=C. The molecule has 23 heavy (non-hydrogen) atoms. The highest BCUT2D eigenvalue weighted by molar-refractivity contribution is 5.89. The molecule has 1 N–H and O–H groups in total. The first-order chi connectivity index (χ1) is 10.7. The van der Waals surface area contributed by atoms with E-state index >= 15 is 0 Å². The molecule has 0 aromatic carbocycles. The van der Waals surface area contributed by atoms with Gasteiger partial charge in [0.2, 0.25) is 0 Å². The van der Waals surface area contributed by atoms with E-state index in [4.69, 9.17) is 15.9 Å². The van der Waals surface area contributed by atoms with Crippen molar-refractivity contribution >= 4 is 11.9 Å². The second-order valence-corrected chi connectivity index (χ2v) is 6.46. The van der Waals surface area contributed by atoms with Crippen LogP contribution in [0.15, 0.2) is 12.7 Å². The summed E-state index contributed by atoms with van der Waals surface area (Å²) in [6.45, 7) is 8.61. The minimum Gasteiger partial charge on any atom is -0.444 e. The minimum atomic E-state index is -0.909. The number of carbonyl (C=O) groups excluding carboxylic acids is 2. The fourth-order valence-corrected chi connectivity index (χ4v) is 2.60. The quantitative estimate of drug-likeness (QED) is 0.590. The van der Waals surface area contributed by atoms with E-state index in [-0.39, 0.29) is 19.1 Å². The van der Waals surface area contributed by atoms with Gasteiger partial charge in [0.05, 0.1) is 12.7 Å². The van der Waals surface area contributed by atoms with Gasteiger partial charge in [-0.1, -0.05) is 6.08 Å². The minimum absolute atomic E-state index is 0.201. The van der Waals surface area contributed by atoms with Gasteiger partial charge in [-0.3, -0.25) is 9.69 Å². The van der Waals surface area contributed by atoms with E-state index in [9.17, 15) is 14.7 Å². The number of aliphatic hydroxyl groups is 1. The molecule has 1 fully saturated rings. The van der Waals surface area contributed by atoms with Gasteiger partial charge in [0, 0.05) is 18.9 Å². The second-order valence-electron chi connectivity index (χ2n) is 6.46. The highest BCUT2D eigenvalue weighted by atomic mass is 16.6. The Bertz CT molecular complexity index is 488. The number of amides is 1. The summed E-state index contributed by atoms with van der Waals surface area (Å²) in [5.74, 6) is 1.85. The van der Waals surface area contributed by atoms with Gasteiger partial charge in [-0.25, -0.2) is 4.79 Å². The average Bonchev–Trinajstić information content (AvgIpc) is 2.81. The highest BCUT2D eigenvalue weighted by Crippen LogP contribution is 2.31. The molecule has 1 saturated heterocycles. The molecule has 1 heterocycles. The number of terminal acetylenes is 1. The van der Waals surface area contributed by atoms with Crippen LogP contribution >= 0.6 is 0 Å². The summed E-state index contributed by atoms with van der Waals surface area (Å²) in [5, 5.41) is 9.24. The number of rotatable bonds is 6. The maximum absolute atomic E-state index is 12.4. The number of aliphatic hydroxyl groups excluding tert-OH is 1. The number of ether oxygens (including phenoxy) is 2. The molecule has 1 rings (SSSR count). The van der Waals surface area contributed by atoms with Crippen LogP contribution in [0.2, 0.25) is 0 Å². The zero-order valence-corrected chi connectivity index (χ0v) is 13.9. The summed E-state index contributed by atoms with van der Waals surface area (Å²) >= 11 is 0. The molecule has 128 valence electrons. The van der Waals surface area contributed by atoms with Gasteiger partial charge in [0.1, 0.15) is 18.2 Å². The maximum atomic E-state index is 12.4. The Morgan fingerprint density at radius 1 is 1.48 bits per heavy atom. The van der Waals surface area contributed by atoms with Gasteiger partial charge in [0.25, 0.3) is 0 Å². The predicted octanol–water partition coefficient (Wildman–Crippen LogP) is 1.38. The van der Waals surface area contributed by atoms with E-state index < -0.39 is 36.2 Å². The van der Waals surface area contributed by atoms with Gasteiger partial charge in [0.15, 0.2) is 5.78 Å². The Morgan fingerprint density at radius 3 is 2.61 bits per heavy atom. The summed E-state index contributed by atoms with van der Waals surface area (Å²) in [4.78, 5) is 25.9. The summed E-state index contributed by atoms with van der Waals surface area (Å²) in [5.41, 5.74) is -0.689. The van der Waals surface area contributed by atoms with Crippen LogP contribution in [0.3, 0.4) is 0 Å². The van der Waals surface area contributed by atoms with Crippen molar-refractivity contribution in [3.8, 4) is 12.3 Å². The molecule has 0 radical (unpaired) electrons. The number of nitrogens with zero attached hydrogens (tertiary/aromatic N) is 1.